The van der Waals surface area contributed by atoms with Gasteiger partial charge in [0.1, 0.15) is 28.1 Å². The molecule has 76 heavy (non-hydrogen) atoms. The van der Waals surface area contributed by atoms with E-state index in [9.17, 15) is 37.2 Å². The number of thiophene rings is 1. The summed E-state index contributed by atoms with van der Waals surface area (Å²) in [6.07, 6.45) is 2.46. The summed E-state index contributed by atoms with van der Waals surface area (Å²) in [4.78, 5) is 79.5. The van der Waals surface area contributed by atoms with Crippen molar-refractivity contribution in [1.29, 1.82) is 0 Å². The fourth-order valence-corrected chi connectivity index (χ4v) is 13.6. The number of ether oxygens (including phenoxy) is 3. The molecule has 5 heterocycles. The van der Waals surface area contributed by atoms with E-state index in [0.717, 1.165) is 28.7 Å². The van der Waals surface area contributed by atoms with Gasteiger partial charge in [-0.05, 0) is 147 Å². The molecule has 3 aromatic carbocycles. The van der Waals surface area contributed by atoms with Crippen molar-refractivity contribution in [3.63, 3.8) is 0 Å². The number of imidazole rings is 1. The zero-order valence-corrected chi connectivity index (χ0v) is 46.5. The van der Waals surface area contributed by atoms with Gasteiger partial charge in [0.2, 0.25) is 21.8 Å². The number of nitrogens with zero attached hydrogens (tertiary/aromatic N) is 4. The number of hydrogen-bond acceptors (Lipinski definition) is 13. The minimum absolute atomic E-state index is 0.0112. The van der Waals surface area contributed by atoms with Crippen molar-refractivity contribution in [1.82, 2.24) is 23.7 Å². The Bertz CT molecular complexity index is 3280. The van der Waals surface area contributed by atoms with Crippen molar-refractivity contribution in [2.45, 2.75) is 134 Å². The van der Waals surface area contributed by atoms with E-state index in [0.29, 0.717) is 65.8 Å². The molecule has 22 heteroatoms. The van der Waals surface area contributed by atoms with Gasteiger partial charge in [0, 0.05) is 50.4 Å². The Morgan fingerprint density at radius 2 is 1.61 bits per heavy atom. The van der Waals surface area contributed by atoms with Crippen molar-refractivity contribution in [3.05, 3.63) is 98.0 Å². The fraction of sp³-hybridized carbons (Fsp3) is 0.481. The fourth-order valence-electron chi connectivity index (χ4n) is 10.2. The Morgan fingerprint density at radius 1 is 0.895 bits per heavy atom. The number of esters is 2. The number of likely N-dealkylation sites (tertiary alicyclic amines) is 1. The number of benzene rings is 3. The number of nitrogens with one attached hydrogen (secondary N) is 3. The normalized spacial score (nSPS) is 18.8. The first-order valence-electron chi connectivity index (χ1n) is 25.2. The van der Waals surface area contributed by atoms with E-state index in [1.54, 1.807) is 53.5 Å². The second-order valence-electron chi connectivity index (χ2n) is 22.3. The Balaban J connectivity index is 0.879. The third-order valence-corrected chi connectivity index (χ3v) is 17.3. The third kappa shape index (κ3) is 12.6. The van der Waals surface area contributed by atoms with Crippen LogP contribution in [0.3, 0.4) is 0 Å². The zero-order chi connectivity index (χ0) is 55.2. The first-order valence-corrected chi connectivity index (χ1v) is 28.0. The van der Waals surface area contributed by atoms with Crippen LogP contribution in [0.15, 0.2) is 65.5 Å². The summed E-state index contributed by atoms with van der Waals surface area (Å²) in [6, 6.07) is 15.5. The second kappa shape index (κ2) is 21.6. The van der Waals surface area contributed by atoms with Gasteiger partial charge in [0.05, 0.1) is 27.4 Å². The van der Waals surface area contributed by atoms with Crippen LogP contribution >= 0.6 is 22.9 Å². The highest BCUT2D eigenvalue weighted by Crippen LogP contribution is 2.47. The minimum Gasteiger partial charge on any atom is -0.479 e. The monoisotopic (exact) mass is 1110 g/mol. The summed E-state index contributed by atoms with van der Waals surface area (Å²) in [5, 5.41) is 8.67. The third-order valence-electron chi connectivity index (χ3n) is 13.6. The maximum absolute atomic E-state index is 15.3. The van der Waals surface area contributed by atoms with E-state index < -0.39 is 74.9 Å². The van der Waals surface area contributed by atoms with Crippen LogP contribution in [0, 0.1) is 5.82 Å². The van der Waals surface area contributed by atoms with Gasteiger partial charge in [-0.2, -0.15) is 4.31 Å². The molecular formula is C54H65ClFN7O11S2. The topological polar surface area (TPSA) is 217 Å². The molecule has 2 atom stereocenters. The van der Waals surface area contributed by atoms with Crippen LogP contribution in [0.2, 0.25) is 5.02 Å². The van der Waals surface area contributed by atoms with Gasteiger partial charge in [-0.1, -0.05) is 35.9 Å². The first-order chi connectivity index (χ1) is 35.6. The molecule has 5 aromatic rings. The minimum atomic E-state index is -3.95. The van der Waals surface area contributed by atoms with Gasteiger partial charge in [0.25, 0.3) is 0 Å². The number of imide groups is 1. The van der Waals surface area contributed by atoms with Crippen molar-refractivity contribution >= 4 is 85.2 Å². The number of fused-ring (bicyclic) bond motifs is 1. The van der Waals surface area contributed by atoms with Gasteiger partial charge >= 0.3 is 23.7 Å². The molecule has 0 aliphatic carbocycles. The van der Waals surface area contributed by atoms with Crippen LogP contribution in [-0.2, 0) is 46.7 Å². The van der Waals surface area contributed by atoms with Crippen molar-refractivity contribution in [3.8, 4) is 16.2 Å². The summed E-state index contributed by atoms with van der Waals surface area (Å²) in [6.45, 7) is 14.6. The molecule has 0 saturated carbocycles. The Morgan fingerprint density at radius 3 is 2.28 bits per heavy atom. The number of carbonyl (C=O) groups excluding carboxylic acids is 5. The summed E-state index contributed by atoms with van der Waals surface area (Å²) < 4.78 is 65.0. The molecule has 2 aromatic heterocycles. The summed E-state index contributed by atoms with van der Waals surface area (Å²) in [7, 11) is -2.31. The molecule has 8 rings (SSSR count). The maximum Gasteiger partial charge on any atom is 0.352 e. The van der Waals surface area contributed by atoms with E-state index in [2.05, 4.69) is 16.0 Å². The first kappa shape index (κ1) is 55.9. The highest BCUT2D eigenvalue weighted by Gasteiger charge is 2.42. The molecule has 3 aliphatic heterocycles. The SMILES string of the molecule is Cn1c(=O)n(C2CCC(=O)NC2=O)c2ccc(C3CCN(C(=O)Nc4cc(CS(=O)(=O)N5CCC(Nc6cccc(-c7sc(C(=O)OC(C)(C)C)c(OCC(=O)OC(C)(C)C)c7Cl)c6)CC5(C)C)ccc4F)CC3)cc21. The molecule has 18 nitrogen and oxygen atoms in total. The van der Waals surface area contributed by atoms with Crippen LogP contribution in [0.5, 0.6) is 5.75 Å². The molecule has 0 radical (unpaired) electrons. The van der Waals surface area contributed by atoms with Crippen LogP contribution < -0.4 is 26.4 Å². The maximum atomic E-state index is 15.3. The van der Waals surface area contributed by atoms with Gasteiger partial charge in [-0.25, -0.2) is 32.0 Å². The molecule has 408 valence electrons. The number of anilines is 2. The number of aryl methyl sites for hydroxylation is 1. The average molecular weight is 1110 g/mol. The van der Waals surface area contributed by atoms with Crippen LogP contribution in [-0.4, -0.2) is 106 Å². The lowest BCUT2D eigenvalue weighted by Gasteiger charge is -2.45. The van der Waals surface area contributed by atoms with E-state index in [1.807, 2.05) is 56.3 Å². The molecule has 3 fully saturated rings. The van der Waals surface area contributed by atoms with Crippen molar-refractivity contribution in [2.24, 2.45) is 7.05 Å². The van der Waals surface area contributed by atoms with Crippen LogP contribution in [0.4, 0.5) is 20.6 Å². The quantitative estimate of drug-likeness (QED) is 0.0743. The van der Waals surface area contributed by atoms with E-state index in [-0.39, 0.29) is 64.3 Å². The summed E-state index contributed by atoms with van der Waals surface area (Å²) in [5.74, 6) is -3.23. The molecular weight excluding hydrogens is 1040 g/mol. The van der Waals surface area contributed by atoms with Gasteiger partial charge in [-0.3, -0.25) is 24.0 Å². The van der Waals surface area contributed by atoms with E-state index >= 15 is 4.39 Å². The number of halogens is 2. The predicted octanol–water partition coefficient (Wildman–Crippen LogP) is 9.11. The van der Waals surface area contributed by atoms with Crippen molar-refractivity contribution in [2.75, 3.05) is 36.9 Å². The van der Waals surface area contributed by atoms with E-state index in [1.165, 1.54) is 25.6 Å². The number of urea groups is 1. The number of piperidine rings is 3. The number of aromatic nitrogens is 2. The molecule has 3 saturated heterocycles. The number of sulfonamides is 1. The molecule has 2 unspecified atom stereocenters. The Labute approximate surface area is 450 Å². The predicted molar refractivity (Wildman–Crippen MR) is 289 cm³/mol. The standard InChI is InChI=1S/C54H65ClFN7O11S2/c1-52(2,3)73-43(65)29-72-45-44(55)46(75-47(45)49(67)74-53(4,5)6)34-11-10-12-35(26-34)57-36-21-24-62(54(7,8)28-36)76(70,71)30-31-13-15-37(56)38(25-31)58-50(68)61-22-19-32(20-23-61)33-14-16-39-41(27-33)60(9)51(69)63(39)40-17-18-42(64)59-48(40)66/h10-16,25-27,32,36,40,57H,17-24,28-30H2,1-9H3,(H,58,68)(H,59,64,66). The highest BCUT2D eigenvalue weighted by atomic mass is 35.5. The van der Waals surface area contributed by atoms with Crippen LogP contribution in [0.1, 0.15) is 127 Å². The lowest BCUT2D eigenvalue weighted by atomic mass is 9.89. The smallest absolute Gasteiger partial charge is 0.352 e. The largest absolute Gasteiger partial charge is 0.479 e. The van der Waals surface area contributed by atoms with Gasteiger partial charge < -0.3 is 29.7 Å². The van der Waals surface area contributed by atoms with Gasteiger partial charge in [0.15, 0.2) is 17.2 Å². The summed E-state index contributed by atoms with van der Waals surface area (Å²) in [5.41, 5.74) is 1.01. The number of hydrogen-bond donors (Lipinski definition) is 3. The number of amides is 4. The second-order valence-corrected chi connectivity index (χ2v) is 25.6. The summed E-state index contributed by atoms with van der Waals surface area (Å²) >= 11 is 7.99. The zero-order valence-electron chi connectivity index (χ0n) is 44.1. The average Bonchev–Trinajstić information content (AvgIpc) is 3.78. The Kier molecular flexibility index (Phi) is 15.9. The highest BCUT2D eigenvalue weighted by molar-refractivity contribution is 7.88. The lowest BCUT2D eigenvalue weighted by molar-refractivity contribution is -0.157. The molecule has 0 spiro atoms. The van der Waals surface area contributed by atoms with Crippen molar-refractivity contribution < 1.29 is 51.0 Å². The lowest BCUT2D eigenvalue weighted by Crippen LogP contribution is -2.55. The molecule has 0 bridgehead atoms. The molecule has 3 N–H and O–H groups in total. The number of rotatable bonds is 13. The molecule has 4 amide bonds. The van der Waals surface area contributed by atoms with E-state index in [4.69, 9.17) is 25.8 Å². The molecule has 3 aliphatic rings. The van der Waals surface area contributed by atoms with Crippen LogP contribution in [0.25, 0.3) is 21.5 Å². The van der Waals surface area contributed by atoms with Gasteiger partial charge in [-0.15, -0.1) is 11.3 Å². The number of carbonyl (C=O) groups is 5. The Hall–Kier alpha value is -6.29.